The Hall–Kier alpha value is -2.36. The van der Waals surface area contributed by atoms with Crippen LogP contribution in [0.5, 0.6) is 23.0 Å². The molecule has 0 aromatic heterocycles. The lowest BCUT2D eigenvalue weighted by atomic mass is 10.2. The number of aliphatic imine (C=N–C) groups is 1. The van der Waals surface area contributed by atoms with Crippen molar-refractivity contribution in [1.82, 2.24) is 5.32 Å². The summed E-state index contributed by atoms with van der Waals surface area (Å²) in [6.45, 7) is 4.47. The number of benzene rings is 2. The predicted octanol–water partition coefficient (Wildman–Crippen LogP) is 4.06. The average molecular weight is 513 g/mol. The van der Waals surface area contributed by atoms with E-state index >= 15 is 0 Å². The highest BCUT2D eigenvalue weighted by Crippen LogP contribution is 2.32. The first-order valence-corrected chi connectivity index (χ1v) is 9.40. The molecule has 1 aliphatic rings. The Balaban J connectivity index is 0.00000300. The lowest BCUT2D eigenvalue weighted by Crippen LogP contribution is -2.30. The molecule has 0 saturated heterocycles. The highest BCUT2D eigenvalue weighted by Gasteiger charge is 2.11. The van der Waals surface area contributed by atoms with Gasteiger partial charge in [0, 0.05) is 31.8 Å². The fourth-order valence-corrected chi connectivity index (χ4v) is 2.84. The molecule has 1 aliphatic heterocycles. The van der Waals surface area contributed by atoms with Crippen molar-refractivity contribution in [3.8, 4) is 23.0 Å². The second-order valence-electron chi connectivity index (χ2n) is 6.18. The smallest absolute Gasteiger partial charge is 0.195 e. The molecule has 0 spiro atoms. The molecule has 0 saturated carbocycles. The first kappa shape index (κ1) is 22.9. The van der Waals surface area contributed by atoms with Gasteiger partial charge < -0.3 is 29.6 Å². The van der Waals surface area contributed by atoms with E-state index in [0.29, 0.717) is 38.1 Å². The van der Waals surface area contributed by atoms with Crippen molar-refractivity contribution in [2.45, 2.75) is 19.9 Å². The minimum absolute atomic E-state index is 0. The summed E-state index contributed by atoms with van der Waals surface area (Å²) in [4.78, 5) is 4.28. The Labute approximate surface area is 188 Å². The summed E-state index contributed by atoms with van der Waals surface area (Å²) < 4.78 is 22.4. The topological polar surface area (TPSA) is 73.3 Å². The van der Waals surface area contributed by atoms with Crippen molar-refractivity contribution in [3.63, 3.8) is 0 Å². The van der Waals surface area contributed by atoms with Crippen LogP contribution in [0.2, 0.25) is 0 Å². The van der Waals surface area contributed by atoms with Gasteiger partial charge in [-0.2, -0.15) is 0 Å². The molecule has 0 aliphatic carbocycles. The molecule has 0 radical (unpaired) electrons. The number of rotatable bonds is 6. The van der Waals surface area contributed by atoms with Gasteiger partial charge in [-0.25, -0.2) is 0 Å². The third-order valence-corrected chi connectivity index (χ3v) is 4.22. The molecule has 3 rings (SSSR count). The molecule has 0 bridgehead atoms. The standard InChI is InChI=1S/C21H27N3O4.HI/c1-4-26-17-8-6-15(12-19(17)25-3)14-23-21(22-2)24-16-7-9-18-20(13-16)28-11-5-10-27-18;/h6-9,12-13H,4-5,10-11,14H2,1-3H3,(H2,22,23,24);1H. The van der Waals surface area contributed by atoms with Gasteiger partial charge in [0.05, 0.1) is 26.9 Å². The number of guanidine groups is 1. The number of hydrogen-bond donors (Lipinski definition) is 2. The van der Waals surface area contributed by atoms with Crippen LogP contribution in [-0.2, 0) is 6.54 Å². The van der Waals surface area contributed by atoms with E-state index in [2.05, 4.69) is 15.6 Å². The third-order valence-electron chi connectivity index (χ3n) is 4.22. The van der Waals surface area contributed by atoms with Crippen molar-refractivity contribution in [2.24, 2.45) is 4.99 Å². The first-order chi connectivity index (χ1) is 13.7. The third kappa shape index (κ3) is 6.31. The van der Waals surface area contributed by atoms with Crippen molar-refractivity contribution < 1.29 is 18.9 Å². The van der Waals surface area contributed by atoms with E-state index in [1.165, 1.54) is 0 Å². The largest absolute Gasteiger partial charge is 0.493 e. The maximum Gasteiger partial charge on any atom is 0.195 e. The molecule has 0 atom stereocenters. The number of fused-ring (bicyclic) bond motifs is 1. The predicted molar refractivity (Wildman–Crippen MR) is 125 cm³/mol. The normalized spacial score (nSPS) is 13.0. The van der Waals surface area contributed by atoms with Crippen LogP contribution < -0.4 is 29.6 Å². The van der Waals surface area contributed by atoms with Crippen LogP contribution in [-0.4, -0.2) is 39.9 Å². The van der Waals surface area contributed by atoms with Crippen LogP contribution in [0.15, 0.2) is 41.4 Å². The summed E-state index contributed by atoms with van der Waals surface area (Å²) >= 11 is 0. The molecular weight excluding hydrogens is 485 g/mol. The minimum atomic E-state index is 0. The van der Waals surface area contributed by atoms with Crippen molar-refractivity contribution >= 4 is 35.6 Å². The SMILES string of the molecule is CCOc1ccc(CNC(=NC)Nc2ccc3c(c2)OCCCO3)cc1OC.I. The Morgan fingerprint density at radius 3 is 2.59 bits per heavy atom. The molecule has 158 valence electrons. The summed E-state index contributed by atoms with van der Waals surface area (Å²) in [5.74, 6) is 3.62. The molecule has 2 aromatic carbocycles. The molecule has 2 aromatic rings. The fraction of sp³-hybridized carbons (Fsp3) is 0.381. The van der Waals surface area contributed by atoms with Crippen LogP contribution in [0.1, 0.15) is 18.9 Å². The van der Waals surface area contributed by atoms with Crippen LogP contribution in [0, 0.1) is 0 Å². The number of nitrogens with zero attached hydrogens (tertiary/aromatic N) is 1. The highest BCUT2D eigenvalue weighted by molar-refractivity contribution is 14.0. The molecule has 7 nitrogen and oxygen atoms in total. The van der Waals surface area contributed by atoms with Crippen LogP contribution >= 0.6 is 24.0 Å². The first-order valence-electron chi connectivity index (χ1n) is 9.40. The van der Waals surface area contributed by atoms with Gasteiger partial charge in [-0.3, -0.25) is 4.99 Å². The quantitative estimate of drug-likeness (QED) is 0.345. The molecular formula is C21H28IN3O4. The van der Waals surface area contributed by atoms with E-state index in [4.69, 9.17) is 18.9 Å². The van der Waals surface area contributed by atoms with E-state index in [1.807, 2.05) is 43.3 Å². The summed E-state index contributed by atoms with van der Waals surface area (Å²) in [7, 11) is 3.37. The van der Waals surface area contributed by atoms with Gasteiger partial charge in [0.1, 0.15) is 0 Å². The zero-order valence-corrected chi connectivity index (χ0v) is 19.3. The summed E-state index contributed by atoms with van der Waals surface area (Å²) in [6.07, 6.45) is 0.881. The maximum absolute atomic E-state index is 5.74. The zero-order valence-electron chi connectivity index (χ0n) is 17.0. The molecule has 8 heteroatoms. The molecule has 0 unspecified atom stereocenters. The van der Waals surface area contributed by atoms with Gasteiger partial charge >= 0.3 is 0 Å². The Bertz CT molecular complexity index is 830. The maximum atomic E-state index is 5.74. The van der Waals surface area contributed by atoms with Crippen molar-refractivity contribution in [3.05, 3.63) is 42.0 Å². The van der Waals surface area contributed by atoms with Gasteiger partial charge in [-0.05, 0) is 36.8 Å². The van der Waals surface area contributed by atoms with Crippen molar-refractivity contribution in [2.75, 3.05) is 39.3 Å². The second kappa shape index (κ2) is 11.6. The number of methoxy groups -OCH3 is 1. The summed E-state index contributed by atoms with van der Waals surface area (Å²) in [5, 5.41) is 6.58. The monoisotopic (exact) mass is 513 g/mol. The minimum Gasteiger partial charge on any atom is -0.493 e. The zero-order chi connectivity index (χ0) is 19.8. The van der Waals surface area contributed by atoms with Gasteiger partial charge in [0.15, 0.2) is 29.0 Å². The molecule has 0 fully saturated rings. The Kier molecular flexibility index (Phi) is 9.17. The molecule has 29 heavy (non-hydrogen) atoms. The number of nitrogens with one attached hydrogen (secondary N) is 2. The molecule has 0 amide bonds. The summed E-state index contributed by atoms with van der Waals surface area (Å²) in [5.41, 5.74) is 1.93. The van der Waals surface area contributed by atoms with Gasteiger partial charge in [0.2, 0.25) is 0 Å². The van der Waals surface area contributed by atoms with E-state index in [-0.39, 0.29) is 24.0 Å². The van der Waals surface area contributed by atoms with E-state index in [9.17, 15) is 0 Å². The van der Waals surface area contributed by atoms with E-state index in [0.717, 1.165) is 34.9 Å². The van der Waals surface area contributed by atoms with Gasteiger partial charge in [-0.15, -0.1) is 24.0 Å². The van der Waals surface area contributed by atoms with Crippen LogP contribution in [0.4, 0.5) is 5.69 Å². The van der Waals surface area contributed by atoms with E-state index < -0.39 is 0 Å². The molecule has 1 heterocycles. The van der Waals surface area contributed by atoms with Crippen LogP contribution in [0.3, 0.4) is 0 Å². The summed E-state index contributed by atoms with van der Waals surface area (Å²) in [6, 6.07) is 11.7. The number of ether oxygens (including phenoxy) is 4. The highest BCUT2D eigenvalue weighted by atomic mass is 127. The number of halogens is 1. The van der Waals surface area contributed by atoms with Crippen molar-refractivity contribution in [1.29, 1.82) is 0 Å². The van der Waals surface area contributed by atoms with E-state index in [1.54, 1.807) is 14.2 Å². The lowest BCUT2D eigenvalue weighted by molar-refractivity contribution is 0.297. The lowest BCUT2D eigenvalue weighted by Gasteiger charge is -2.15. The van der Waals surface area contributed by atoms with Crippen LogP contribution in [0.25, 0.3) is 0 Å². The average Bonchev–Trinajstić information content (AvgIpc) is 2.97. The van der Waals surface area contributed by atoms with Gasteiger partial charge in [0.25, 0.3) is 0 Å². The number of anilines is 1. The Morgan fingerprint density at radius 2 is 1.86 bits per heavy atom. The fourth-order valence-electron chi connectivity index (χ4n) is 2.84. The number of hydrogen-bond acceptors (Lipinski definition) is 5. The van der Waals surface area contributed by atoms with Gasteiger partial charge in [-0.1, -0.05) is 6.07 Å². The Morgan fingerprint density at radius 1 is 1.07 bits per heavy atom. The second-order valence-corrected chi connectivity index (χ2v) is 6.18. The molecule has 2 N–H and O–H groups in total.